The third-order valence-corrected chi connectivity index (χ3v) is 2.48. The van der Waals surface area contributed by atoms with E-state index in [0.717, 1.165) is 0 Å². The van der Waals surface area contributed by atoms with Crippen LogP contribution in [0.15, 0.2) is 0 Å². The van der Waals surface area contributed by atoms with E-state index in [0.29, 0.717) is 19.6 Å². The number of hydrogen-bond acceptors (Lipinski definition) is 4. The molecular weight excluding hydrogens is 194 g/mol. The molecule has 1 atom stereocenters. The van der Waals surface area contributed by atoms with Gasteiger partial charge in [0.15, 0.2) is 0 Å². The fourth-order valence-electron chi connectivity index (χ4n) is 1.57. The Hall–Kier alpha value is -0.940. The Balaban J connectivity index is 2.65. The van der Waals surface area contributed by atoms with Crippen molar-refractivity contribution in [3.63, 3.8) is 0 Å². The van der Waals surface area contributed by atoms with E-state index in [1.807, 2.05) is 18.7 Å². The summed E-state index contributed by atoms with van der Waals surface area (Å²) in [4.78, 5) is 26.5. The first-order valence-electron chi connectivity index (χ1n) is 5.24. The molecule has 1 unspecified atom stereocenters. The standard InChI is InChI=1S/C10H19N3O2/c1-7(2)12-5-9(14)13(4-8(3)11)10(15)6-12/h7-8H,4-6,11H2,1-3H3. The van der Waals surface area contributed by atoms with Crippen LogP contribution < -0.4 is 5.73 Å². The van der Waals surface area contributed by atoms with Gasteiger partial charge in [-0.25, -0.2) is 0 Å². The second kappa shape index (κ2) is 4.72. The number of carbonyl (C=O) groups excluding carboxylic acids is 2. The fraction of sp³-hybridized carbons (Fsp3) is 0.800. The van der Waals surface area contributed by atoms with Crippen molar-refractivity contribution in [2.24, 2.45) is 5.73 Å². The monoisotopic (exact) mass is 213 g/mol. The molecule has 1 rings (SSSR count). The highest BCUT2D eigenvalue weighted by Gasteiger charge is 2.32. The van der Waals surface area contributed by atoms with Crippen molar-refractivity contribution in [3.05, 3.63) is 0 Å². The van der Waals surface area contributed by atoms with E-state index in [1.165, 1.54) is 4.90 Å². The molecule has 1 saturated heterocycles. The van der Waals surface area contributed by atoms with Crippen molar-refractivity contribution in [1.29, 1.82) is 0 Å². The third kappa shape index (κ3) is 3.00. The van der Waals surface area contributed by atoms with Crippen molar-refractivity contribution in [2.75, 3.05) is 19.6 Å². The van der Waals surface area contributed by atoms with E-state index in [-0.39, 0.29) is 23.9 Å². The highest BCUT2D eigenvalue weighted by atomic mass is 16.2. The van der Waals surface area contributed by atoms with Crippen molar-refractivity contribution >= 4 is 11.8 Å². The topological polar surface area (TPSA) is 66.6 Å². The molecule has 0 saturated carbocycles. The van der Waals surface area contributed by atoms with Gasteiger partial charge in [0.1, 0.15) is 0 Å². The molecule has 0 aromatic rings. The van der Waals surface area contributed by atoms with Gasteiger partial charge in [-0.1, -0.05) is 0 Å². The lowest BCUT2D eigenvalue weighted by Gasteiger charge is -2.35. The summed E-state index contributed by atoms with van der Waals surface area (Å²) >= 11 is 0. The normalized spacial score (nSPS) is 21.3. The quantitative estimate of drug-likeness (QED) is 0.636. The number of carbonyl (C=O) groups is 2. The van der Waals surface area contributed by atoms with E-state index in [4.69, 9.17) is 5.73 Å². The van der Waals surface area contributed by atoms with Gasteiger partial charge in [-0.05, 0) is 20.8 Å². The minimum Gasteiger partial charge on any atom is -0.326 e. The maximum atomic E-state index is 11.7. The molecule has 1 heterocycles. The van der Waals surface area contributed by atoms with Crippen LogP contribution in [0.1, 0.15) is 20.8 Å². The maximum Gasteiger partial charge on any atom is 0.243 e. The molecule has 0 aliphatic carbocycles. The molecule has 0 aromatic heterocycles. The Morgan fingerprint density at radius 2 is 1.67 bits per heavy atom. The Morgan fingerprint density at radius 1 is 1.20 bits per heavy atom. The van der Waals surface area contributed by atoms with Crippen molar-refractivity contribution in [2.45, 2.75) is 32.9 Å². The Morgan fingerprint density at radius 3 is 2.00 bits per heavy atom. The molecule has 5 nitrogen and oxygen atoms in total. The number of rotatable bonds is 3. The Labute approximate surface area is 90.2 Å². The SMILES string of the molecule is CC(N)CN1C(=O)CN(C(C)C)CC1=O. The van der Waals surface area contributed by atoms with E-state index in [9.17, 15) is 9.59 Å². The molecule has 1 fully saturated rings. The van der Waals surface area contributed by atoms with Crippen LogP contribution in [0.2, 0.25) is 0 Å². The average molecular weight is 213 g/mol. The predicted octanol–water partition coefficient (Wildman–Crippen LogP) is -0.587. The van der Waals surface area contributed by atoms with Gasteiger partial charge in [-0.15, -0.1) is 0 Å². The van der Waals surface area contributed by atoms with Crippen molar-refractivity contribution in [1.82, 2.24) is 9.80 Å². The van der Waals surface area contributed by atoms with Crippen LogP contribution in [0.25, 0.3) is 0 Å². The molecule has 2 N–H and O–H groups in total. The summed E-state index contributed by atoms with van der Waals surface area (Å²) in [5.41, 5.74) is 5.58. The van der Waals surface area contributed by atoms with Crippen LogP contribution in [-0.2, 0) is 9.59 Å². The largest absolute Gasteiger partial charge is 0.326 e. The van der Waals surface area contributed by atoms with Crippen LogP contribution >= 0.6 is 0 Å². The van der Waals surface area contributed by atoms with Gasteiger partial charge in [0.2, 0.25) is 11.8 Å². The van der Waals surface area contributed by atoms with Gasteiger partial charge in [-0.3, -0.25) is 19.4 Å². The van der Waals surface area contributed by atoms with Gasteiger partial charge in [-0.2, -0.15) is 0 Å². The number of hydrogen-bond donors (Lipinski definition) is 1. The third-order valence-electron chi connectivity index (χ3n) is 2.48. The zero-order chi connectivity index (χ0) is 11.6. The van der Waals surface area contributed by atoms with Crippen LogP contribution in [0.4, 0.5) is 0 Å². The van der Waals surface area contributed by atoms with Gasteiger partial charge in [0.25, 0.3) is 0 Å². The first kappa shape index (κ1) is 12.1. The molecule has 0 radical (unpaired) electrons. The summed E-state index contributed by atoms with van der Waals surface area (Å²) in [6, 6.07) is 0.0545. The second-order valence-corrected chi connectivity index (χ2v) is 4.37. The first-order valence-corrected chi connectivity index (χ1v) is 5.24. The fourth-order valence-corrected chi connectivity index (χ4v) is 1.57. The lowest BCUT2D eigenvalue weighted by atomic mass is 10.2. The number of piperazine rings is 1. The summed E-state index contributed by atoms with van der Waals surface area (Å²) in [6.07, 6.45) is 0. The van der Waals surface area contributed by atoms with Gasteiger partial charge in [0, 0.05) is 18.6 Å². The summed E-state index contributed by atoms with van der Waals surface area (Å²) in [6.45, 7) is 6.69. The molecule has 2 amide bonds. The zero-order valence-corrected chi connectivity index (χ0v) is 9.56. The summed E-state index contributed by atoms with van der Waals surface area (Å²) < 4.78 is 0. The highest BCUT2D eigenvalue weighted by molar-refractivity contribution is 5.99. The summed E-state index contributed by atoms with van der Waals surface area (Å²) in [5, 5.41) is 0. The zero-order valence-electron chi connectivity index (χ0n) is 9.56. The van der Waals surface area contributed by atoms with Crippen molar-refractivity contribution in [3.8, 4) is 0 Å². The van der Waals surface area contributed by atoms with E-state index >= 15 is 0 Å². The number of amides is 2. The molecule has 0 spiro atoms. The van der Waals surface area contributed by atoms with Gasteiger partial charge >= 0.3 is 0 Å². The predicted molar refractivity (Wildman–Crippen MR) is 57.1 cm³/mol. The smallest absolute Gasteiger partial charge is 0.243 e. The second-order valence-electron chi connectivity index (χ2n) is 4.37. The van der Waals surface area contributed by atoms with Crippen molar-refractivity contribution < 1.29 is 9.59 Å². The lowest BCUT2D eigenvalue weighted by molar-refractivity contribution is -0.152. The van der Waals surface area contributed by atoms with E-state index in [2.05, 4.69) is 0 Å². The number of nitrogens with two attached hydrogens (primary N) is 1. The summed E-state index contributed by atoms with van der Waals surface area (Å²) in [7, 11) is 0. The van der Waals surface area contributed by atoms with E-state index in [1.54, 1.807) is 6.92 Å². The molecule has 1 aliphatic rings. The average Bonchev–Trinajstić information content (AvgIpc) is 2.10. The Kier molecular flexibility index (Phi) is 3.82. The molecule has 86 valence electrons. The van der Waals surface area contributed by atoms with Gasteiger partial charge in [0.05, 0.1) is 13.1 Å². The molecule has 15 heavy (non-hydrogen) atoms. The summed E-state index contributed by atoms with van der Waals surface area (Å²) in [5.74, 6) is -0.283. The minimum atomic E-state index is -0.163. The van der Waals surface area contributed by atoms with Crippen LogP contribution in [0.3, 0.4) is 0 Å². The Bertz CT molecular complexity index is 245. The lowest BCUT2D eigenvalue weighted by Crippen LogP contribution is -2.57. The molecule has 1 aliphatic heterocycles. The number of imide groups is 1. The maximum absolute atomic E-state index is 11.7. The van der Waals surface area contributed by atoms with Gasteiger partial charge < -0.3 is 5.73 Å². The van der Waals surface area contributed by atoms with Crippen LogP contribution in [-0.4, -0.2) is 53.3 Å². The minimum absolute atomic E-state index is 0.141. The molecular formula is C10H19N3O2. The highest BCUT2D eigenvalue weighted by Crippen LogP contribution is 2.08. The molecule has 0 aromatic carbocycles. The van der Waals surface area contributed by atoms with E-state index < -0.39 is 0 Å². The number of nitrogens with zero attached hydrogens (tertiary/aromatic N) is 2. The molecule has 5 heteroatoms. The van der Waals surface area contributed by atoms with Crippen LogP contribution in [0.5, 0.6) is 0 Å². The first-order chi connectivity index (χ1) is 6.91. The molecule has 0 bridgehead atoms. The van der Waals surface area contributed by atoms with Crippen LogP contribution in [0, 0.1) is 0 Å².